The fraction of sp³-hybridized carbons (Fsp3) is 0.500. The molecule has 0 bridgehead atoms. The summed E-state index contributed by atoms with van der Waals surface area (Å²) in [5.41, 5.74) is 1.82. The van der Waals surface area contributed by atoms with Crippen molar-refractivity contribution in [1.82, 2.24) is 0 Å². The zero-order chi connectivity index (χ0) is 19.6. The number of carbonyl (C=O) groups is 2. The zero-order valence-corrected chi connectivity index (χ0v) is 15.6. The Kier molecular flexibility index (Phi) is 6.21. The molecule has 2 rings (SSSR count). The van der Waals surface area contributed by atoms with Crippen LogP contribution in [0, 0.1) is 5.92 Å². The molecule has 5 atom stereocenters. The summed E-state index contributed by atoms with van der Waals surface area (Å²) in [4.78, 5) is 24.4. The second-order valence-electron chi connectivity index (χ2n) is 6.90. The summed E-state index contributed by atoms with van der Waals surface area (Å²) in [6, 6.07) is 0. The number of allylic oxidation sites excluding steroid dienone is 1. The minimum atomic E-state index is -1.20. The van der Waals surface area contributed by atoms with Gasteiger partial charge < -0.3 is 19.7 Å². The van der Waals surface area contributed by atoms with Crippen LogP contribution >= 0.6 is 0 Å². The standard InChI is InChI=1S/C20H26O6/c1-6-11(3)19(23)26-18-16-13(5)20(24)25-15(16)8-10(2)7-14(21)9-12(4)17(18)22/h6,8-9,14-18,21-22H,5,7H2,1-4H3/b10-8+,11-6-,12-9+/t14-,15-,16+,17-,18-/m1/s1. The highest BCUT2D eigenvalue weighted by atomic mass is 16.6. The number of hydrogen-bond acceptors (Lipinski definition) is 6. The van der Waals surface area contributed by atoms with Crippen LogP contribution < -0.4 is 0 Å². The van der Waals surface area contributed by atoms with Crippen LogP contribution in [0.25, 0.3) is 0 Å². The van der Waals surface area contributed by atoms with Crippen molar-refractivity contribution >= 4 is 11.9 Å². The predicted molar refractivity (Wildman–Crippen MR) is 96.0 cm³/mol. The molecule has 2 N–H and O–H groups in total. The van der Waals surface area contributed by atoms with Crippen LogP contribution in [0.4, 0.5) is 0 Å². The highest BCUT2D eigenvalue weighted by Gasteiger charge is 2.47. The van der Waals surface area contributed by atoms with Gasteiger partial charge >= 0.3 is 11.9 Å². The van der Waals surface area contributed by atoms with Gasteiger partial charge in [0.25, 0.3) is 0 Å². The van der Waals surface area contributed by atoms with E-state index in [0.29, 0.717) is 17.6 Å². The summed E-state index contributed by atoms with van der Waals surface area (Å²) in [5, 5.41) is 21.0. The minimum Gasteiger partial charge on any atom is -0.455 e. The lowest BCUT2D eigenvalue weighted by Gasteiger charge is -2.31. The fourth-order valence-corrected chi connectivity index (χ4v) is 3.20. The molecule has 0 unspecified atom stereocenters. The summed E-state index contributed by atoms with van der Waals surface area (Å²) in [7, 11) is 0. The molecule has 0 saturated carbocycles. The van der Waals surface area contributed by atoms with Crippen molar-refractivity contribution in [2.24, 2.45) is 5.92 Å². The molecule has 0 aromatic carbocycles. The topological polar surface area (TPSA) is 93.1 Å². The summed E-state index contributed by atoms with van der Waals surface area (Å²) in [6.45, 7) is 10.6. The normalized spacial score (nSPS) is 37.0. The zero-order valence-electron chi connectivity index (χ0n) is 15.6. The smallest absolute Gasteiger partial charge is 0.334 e. The molecule has 1 fully saturated rings. The maximum atomic E-state index is 12.3. The van der Waals surface area contributed by atoms with Crippen molar-refractivity contribution in [3.8, 4) is 0 Å². The van der Waals surface area contributed by atoms with Gasteiger partial charge in [0.15, 0.2) is 0 Å². The molecule has 26 heavy (non-hydrogen) atoms. The molecule has 1 saturated heterocycles. The summed E-state index contributed by atoms with van der Waals surface area (Å²) < 4.78 is 10.9. The van der Waals surface area contributed by atoms with Crippen molar-refractivity contribution < 1.29 is 29.3 Å². The lowest BCUT2D eigenvalue weighted by molar-refractivity contribution is -0.153. The van der Waals surface area contributed by atoms with Crippen LogP contribution in [0.5, 0.6) is 0 Å². The van der Waals surface area contributed by atoms with Gasteiger partial charge in [-0.2, -0.15) is 0 Å². The molecule has 0 radical (unpaired) electrons. The molecular formula is C20H26O6. The number of hydrogen-bond donors (Lipinski definition) is 2. The Morgan fingerprint density at radius 3 is 2.62 bits per heavy atom. The van der Waals surface area contributed by atoms with Gasteiger partial charge in [0.2, 0.25) is 0 Å². The van der Waals surface area contributed by atoms with Gasteiger partial charge in [-0.1, -0.05) is 24.3 Å². The maximum absolute atomic E-state index is 12.3. The third kappa shape index (κ3) is 4.14. The Hall–Kier alpha value is -2.18. The molecule has 1 aliphatic heterocycles. The van der Waals surface area contributed by atoms with E-state index in [1.165, 1.54) is 6.08 Å². The highest BCUT2D eigenvalue weighted by Crippen LogP contribution is 2.36. The molecule has 6 heteroatoms. The molecular weight excluding hydrogens is 336 g/mol. The van der Waals surface area contributed by atoms with Gasteiger partial charge in [0.1, 0.15) is 18.3 Å². The van der Waals surface area contributed by atoms with Crippen LogP contribution in [0.15, 0.2) is 47.1 Å². The Bertz CT molecular complexity index is 699. The van der Waals surface area contributed by atoms with Gasteiger partial charge in [-0.05, 0) is 45.8 Å². The second kappa shape index (κ2) is 8.01. The van der Waals surface area contributed by atoms with Crippen molar-refractivity contribution in [1.29, 1.82) is 0 Å². The molecule has 0 aromatic rings. The molecule has 2 aliphatic rings. The van der Waals surface area contributed by atoms with Crippen molar-refractivity contribution in [3.05, 3.63) is 47.1 Å². The first-order valence-corrected chi connectivity index (χ1v) is 8.61. The number of fused-ring (bicyclic) bond motifs is 1. The molecule has 6 nitrogen and oxygen atoms in total. The van der Waals surface area contributed by atoms with Gasteiger partial charge in [0, 0.05) is 11.1 Å². The second-order valence-corrected chi connectivity index (χ2v) is 6.90. The number of esters is 2. The lowest BCUT2D eigenvalue weighted by Crippen LogP contribution is -2.43. The van der Waals surface area contributed by atoms with E-state index >= 15 is 0 Å². The Labute approximate surface area is 153 Å². The third-order valence-corrected chi connectivity index (χ3v) is 4.83. The average molecular weight is 362 g/mol. The Morgan fingerprint density at radius 2 is 2.00 bits per heavy atom. The Balaban J connectivity index is 2.51. The van der Waals surface area contributed by atoms with E-state index in [2.05, 4.69) is 6.58 Å². The fourth-order valence-electron chi connectivity index (χ4n) is 3.20. The quantitative estimate of drug-likeness (QED) is 0.443. The van der Waals surface area contributed by atoms with Gasteiger partial charge in [-0.25, -0.2) is 9.59 Å². The number of rotatable bonds is 2. The molecule has 0 aromatic heterocycles. The van der Waals surface area contributed by atoms with Gasteiger partial charge in [0.05, 0.1) is 12.0 Å². The minimum absolute atomic E-state index is 0.156. The number of carbonyl (C=O) groups excluding carboxylic acids is 2. The van der Waals surface area contributed by atoms with E-state index in [0.717, 1.165) is 5.57 Å². The van der Waals surface area contributed by atoms with Gasteiger partial charge in [-0.3, -0.25) is 0 Å². The van der Waals surface area contributed by atoms with E-state index < -0.39 is 42.3 Å². The first-order valence-electron chi connectivity index (χ1n) is 8.61. The van der Waals surface area contributed by atoms with Crippen molar-refractivity contribution in [3.63, 3.8) is 0 Å². The molecule has 142 valence electrons. The van der Waals surface area contributed by atoms with Crippen LogP contribution in [-0.4, -0.2) is 46.6 Å². The maximum Gasteiger partial charge on any atom is 0.334 e. The van der Waals surface area contributed by atoms with E-state index in [-0.39, 0.29) is 5.57 Å². The van der Waals surface area contributed by atoms with E-state index in [4.69, 9.17) is 9.47 Å². The van der Waals surface area contributed by atoms with Crippen LogP contribution in [0.3, 0.4) is 0 Å². The molecule has 0 spiro atoms. The van der Waals surface area contributed by atoms with Gasteiger partial charge in [-0.15, -0.1) is 0 Å². The first-order chi connectivity index (χ1) is 12.1. The van der Waals surface area contributed by atoms with E-state index in [1.54, 1.807) is 32.9 Å². The molecule has 1 heterocycles. The largest absolute Gasteiger partial charge is 0.455 e. The monoisotopic (exact) mass is 362 g/mol. The van der Waals surface area contributed by atoms with Crippen molar-refractivity contribution in [2.75, 3.05) is 0 Å². The van der Waals surface area contributed by atoms with E-state index in [9.17, 15) is 19.8 Å². The predicted octanol–water partition coefficient (Wildman–Crippen LogP) is 1.98. The number of aliphatic hydroxyl groups excluding tert-OH is 2. The number of aliphatic hydroxyl groups is 2. The summed E-state index contributed by atoms with van der Waals surface area (Å²) >= 11 is 0. The third-order valence-electron chi connectivity index (χ3n) is 4.83. The average Bonchev–Trinajstić information content (AvgIpc) is 2.83. The number of ether oxygens (including phenoxy) is 2. The van der Waals surface area contributed by atoms with Crippen molar-refractivity contribution in [2.45, 2.75) is 58.5 Å². The van der Waals surface area contributed by atoms with Crippen LogP contribution in [-0.2, 0) is 19.1 Å². The Morgan fingerprint density at radius 1 is 1.35 bits per heavy atom. The SMILES string of the molecule is C=C1C(=O)O[C@@H]2/C=C(\C)C[C@@H](O)/C=C(\C)[C@@H](O)[C@H](OC(=O)/C(C)=C\C)[C@@H]12. The van der Waals surface area contributed by atoms with Crippen LogP contribution in [0.1, 0.15) is 34.1 Å². The molecule has 1 aliphatic carbocycles. The summed E-state index contributed by atoms with van der Waals surface area (Å²) in [6.07, 6.45) is 1.42. The lowest BCUT2D eigenvalue weighted by atomic mass is 9.83. The highest BCUT2D eigenvalue weighted by molar-refractivity contribution is 5.92. The summed E-state index contributed by atoms with van der Waals surface area (Å²) in [5.74, 6) is -1.88. The van der Waals surface area contributed by atoms with Crippen LogP contribution in [0.2, 0.25) is 0 Å². The molecule has 0 amide bonds. The first kappa shape index (κ1) is 20.1. The van der Waals surface area contributed by atoms with E-state index in [1.807, 2.05) is 6.92 Å².